The van der Waals surface area contributed by atoms with Gasteiger partial charge in [0.15, 0.2) is 23.3 Å². The number of alkyl halides is 9. The first kappa shape index (κ1) is 79.1. The van der Waals surface area contributed by atoms with E-state index in [4.69, 9.17) is 4.42 Å². The van der Waals surface area contributed by atoms with Gasteiger partial charge in [-0.3, -0.25) is 37.9 Å². The summed E-state index contributed by atoms with van der Waals surface area (Å²) >= 11 is 3.73. The summed E-state index contributed by atoms with van der Waals surface area (Å²) in [5, 5.41) is 33.3. The molecule has 580 valence electrons. The van der Waals surface area contributed by atoms with Gasteiger partial charge in [-0.15, -0.1) is 34.0 Å². The van der Waals surface area contributed by atoms with Gasteiger partial charge in [0.2, 0.25) is 0 Å². The highest BCUT2D eigenvalue weighted by Gasteiger charge is 2.34. The number of furan rings is 1. The number of thiophene rings is 1. The topological polar surface area (TPSA) is 227 Å². The van der Waals surface area contributed by atoms with Gasteiger partial charge in [-0.1, -0.05) is 84.9 Å². The zero-order valence-corrected chi connectivity index (χ0v) is 62.5. The van der Waals surface area contributed by atoms with Crippen molar-refractivity contribution in [2.45, 2.75) is 72.4 Å². The highest BCUT2D eigenvalue weighted by atomic mass is 32.1. The minimum atomic E-state index is -4.61. The van der Waals surface area contributed by atoms with Crippen molar-refractivity contribution in [1.29, 1.82) is 0 Å². The van der Waals surface area contributed by atoms with Crippen LogP contribution in [0.4, 0.5) is 71.6 Å². The van der Waals surface area contributed by atoms with Crippen molar-refractivity contribution in [2.75, 3.05) is 21.3 Å². The second kappa shape index (κ2) is 33.5. The second-order valence-electron chi connectivity index (χ2n) is 25.6. The van der Waals surface area contributed by atoms with Crippen molar-refractivity contribution >= 4 is 125 Å². The van der Waals surface area contributed by atoms with Gasteiger partial charge in [-0.05, 0) is 176 Å². The molecule has 0 atom stereocenters. The molecule has 114 heavy (non-hydrogen) atoms. The highest BCUT2D eigenvalue weighted by molar-refractivity contribution is 7.12. The Hall–Kier alpha value is -13.0. The molecule has 19 nitrogen and oxygen atoms in total. The van der Waals surface area contributed by atoms with Crippen LogP contribution < -0.4 is 21.3 Å². The minimum absolute atomic E-state index is 0.0184. The minimum Gasteiger partial charge on any atom is -0.469 e. The summed E-state index contributed by atoms with van der Waals surface area (Å²) in [4.78, 5) is 59.7. The van der Waals surface area contributed by atoms with E-state index in [0.717, 1.165) is 97.1 Å². The molecule has 0 aliphatic rings. The molecule has 4 amide bonds. The fourth-order valence-corrected chi connectivity index (χ4v) is 14.2. The van der Waals surface area contributed by atoms with Crippen LogP contribution in [0.2, 0.25) is 0 Å². The number of amides is 4. The first-order chi connectivity index (χ1) is 54.5. The number of halogens is 11. The molecular weight excluding hydrogens is 1550 g/mol. The Balaban J connectivity index is 0.000000133. The number of nitrogens with one attached hydrogen (secondary N) is 4. The summed E-state index contributed by atoms with van der Waals surface area (Å²) in [7, 11) is 0. The number of thiazole rings is 2. The SMILES string of the molecule is Cc1ccsc1C(=O)Nc1nn(Cc2ccc(C(F)(F)F)cc2)c2ccccc12.Cc1ncsc1C(=O)Nc1nn(Cc2ccc(C(F)(F)F)cc2)c2ccc(C(F)(F)F)cc12.Cc1ncsc1C(=O)Nc1nn(Cc2ccc(F)cc2)c2ccccc12.Cc1occc1C(=O)Nc1nn(Cc2ccc(F)cc2)c2ccccc12. The quantitative estimate of drug-likeness (QED) is 0.0665. The summed E-state index contributed by atoms with van der Waals surface area (Å²) in [6.07, 6.45) is -12.0. The van der Waals surface area contributed by atoms with E-state index in [1.54, 1.807) is 70.7 Å². The fraction of sp³-hybridized carbons (Fsp3) is 0.136. The van der Waals surface area contributed by atoms with E-state index < -0.39 is 41.1 Å². The van der Waals surface area contributed by atoms with Gasteiger partial charge in [0.25, 0.3) is 23.6 Å². The number of anilines is 4. The molecule has 0 bridgehead atoms. The van der Waals surface area contributed by atoms with Crippen molar-refractivity contribution < 1.29 is 71.9 Å². The van der Waals surface area contributed by atoms with Gasteiger partial charge in [0.05, 0.1) is 104 Å². The monoisotopic (exact) mass is 1610 g/mol. The smallest absolute Gasteiger partial charge is 0.416 e. The summed E-state index contributed by atoms with van der Waals surface area (Å²) in [6.45, 7) is 8.25. The molecule has 0 aliphatic heterocycles. The van der Waals surface area contributed by atoms with E-state index >= 15 is 0 Å². The van der Waals surface area contributed by atoms with E-state index in [2.05, 4.69) is 51.6 Å². The lowest BCUT2D eigenvalue weighted by Crippen LogP contribution is -2.13. The summed E-state index contributed by atoms with van der Waals surface area (Å²) < 4.78 is 155. The van der Waals surface area contributed by atoms with Crippen molar-refractivity contribution in [1.82, 2.24) is 49.1 Å². The third-order valence-electron chi connectivity index (χ3n) is 17.8. The first-order valence-corrected chi connectivity index (χ1v) is 37.0. The predicted octanol–water partition coefficient (Wildman–Crippen LogP) is 20.5. The lowest BCUT2D eigenvalue weighted by molar-refractivity contribution is -0.138. The molecule has 8 aromatic heterocycles. The number of nitrogens with zero attached hydrogens (tertiary/aromatic N) is 10. The molecule has 16 rings (SSSR count). The van der Waals surface area contributed by atoms with Crippen LogP contribution in [0.3, 0.4) is 0 Å². The average molecular weight is 1620 g/mol. The molecule has 8 heterocycles. The predicted molar refractivity (Wildman–Crippen MR) is 414 cm³/mol. The maximum Gasteiger partial charge on any atom is 0.416 e. The molecule has 0 unspecified atom stereocenters. The summed E-state index contributed by atoms with van der Waals surface area (Å²) in [5.41, 5.74) is 9.02. The number of carbonyl (C=O) groups is 4. The van der Waals surface area contributed by atoms with Gasteiger partial charge < -0.3 is 25.7 Å². The van der Waals surface area contributed by atoms with Gasteiger partial charge >= 0.3 is 18.5 Å². The molecule has 0 saturated heterocycles. The van der Waals surface area contributed by atoms with E-state index in [9.17, 15) is 67.5 Å². The number of aromatic nitrogens is 10. The largest absolute Gasteiger partial charge is 0.469 e. The van der Waals surface area contributed by atoms with Crippen LogP contribution in [-0.4, -0.2) is 72.7 Å². The molecule has 4 N–H and O–H groups in total. The number of hydrogen-bond donors (Lipinski definition) is 4. The van der Waals surface area contributed by atoms with Crippen molar-refractivity contribution in [3.05, 3.63) is 316 Å². The molecule has 0 saturated carbocycles. The fourth-order valence-electron chi connectivity index (χ4n) is 12.0. The number of benzene rings is 8. The Labute approximate surface area is 652 Å². The Morgan fingerprint density at radius 1 is 0.377 bits per heavy atom. The number of aryl methyl sites for hydroxylation is 4. The molecule has 0 aliphatic carbocycles. The summed E-state index contributed by atoms with van der Waals surface area (Å²) in [5.74, 6) is 0.0125. The van der Waals surface area contributed by atoms with E-state index in [-0.39, 0.29) is 64.0 Å². The zero-order chi connectivity index (χ0) is 80.8. The van der Waals surface area contributed by atoms with Gasteiger partial charge in [-0.25, -0.2) is 18.7 Å². The Kier molecular flexibility index (Phi) is 23.2. The van der Waals surface area contributed by atoms with E-state index in [0.29, 0.717) is 74.1 Å². The van der Waals surface area contributed by atoms with Crippen LogP contribution in [-0.2, 0) is 44.7 Å². The molecule has 0 fully saturated rings. The van der Waals surface area contributed by atoms with Crippen LogP contribution >= 0.6 is 34.0 Å². The Bertz CT molecular complexity index is 5980. The molecule has 16 aromatic rings. The Morgan fingerprint density at radius 2 is 0.711 bits per heavy atom. The van der Waals surface area contributed by atoms with Gasteiger partial charge in [0, 0.05) is 21.5 Å². The molecule has 8 aromatic carbocycles. The second-order valence-corrected chi connectivity index (χ2v) is 28.2. The molecule has 33 heteroatoms. The number of fused-ring (bicyclic) bond motifs is 4. The average Bonchev–Trinajstić information content (AvgIpc) is 1.21. The zero-order valence-electron chi connectivity index (χ0n) is 60.1. The maximum absolute atomic E-state index is 13.3. The van der Waals surface area contributed by atoms with E-state index in [1.807, 2.05) is 91.2 Å². The van der Waals surface area contributed by atoms with Crippen LogP contribution in [0.1, 0.15) is 101 Å². The van der Waals surface area contributed by atoms with Crippen molar-refractivity contribution in [2.24, 2.45) is 0 Å². The normalized spacial score (nSPS) is 11.6. The summed E-state index contributed by atoms with van der Waals surface area (Å²) in [6, 6.07) is 51.1. The molecule has 0 radical (unpaired) electrons. The Morgan fingerprint density at radius 3 is 1.04 bits per heavy atom. The maximum atomic E-state index is 13.3. The van der Waals surface area contributed by atoms with Crippen molar-refractivity contribution in [3.8, 4) is 0 Å². The van der Waals surface area contributed by atoms with E-state index in [1.165, 1.54) is 93.7 Å². The van der Waals surface area contributed by atoms with Crippen LogP contribution in [0, 0.1) is 39.3 Å². The van der Waals surface area contributed by atoms with Crippen molar-refractivity contribution in [3.63, 3.8) is 0 Å². The standard InChI is InChI=1S/C21H14F6N4OS.C21H16F3N3OS.C20H16FN3O2.C19H15FN4OS/c1-11-17(33-10-28-11)19(32)29-18-15-8-14(21(25,26)27)6-7-16(15)31(30-18)9-12-2-4-13(5-3-12)20(22,23)24;1-13-10-11-29-18(13)20(28)25-19-16-4-2-3-5-17(16)27(26-19)12-14-6-8-15(9-7-14)21(22,23)24;1-13-16(10-11-26-13)20(25)22-19-17-4-2-3-5-18(17)24(23-19)12-14-6-8-15(21)9-7-14;1-12-17(26-11-21-12)19(25)22-18-15-4-2-3-5-16(15)24(23-18)10-13-6-8-14(20)9-7-13/h2-8,10H,9H2,1H3,(H,29,30,32);2-11H,12H2,1H3,(H,25,26,28);2-11H,12H2,1H3,(H,22,23,25);2-9,11H,10H2,1H3,(H,22,23,25). The number of carbonyl (C=O) groups excluding carboxylic acids is 4. The molecular formula is C81H61F11N14O5S3. The lowest BCUT2D eigenvalue weighted by atomic mass is 10.1. The molecule has 0 spiro atoms. The van der Waals surface area contributed by atoms with Crippen LogP contribution in [0.15, 0.2) is 227 Å². The van der Waals surface area contributed by atoms with Gasteiger partial charge in [0.1, 0.15) is 27.1 Å². The lowest BCUT2D eigenvalue weighted by Gasteiger charge is -2.09. The number of hydrogen-bond acceptors (Lipinski definition) is 14. The number of rotatable bonds is 16. The van der Waals surface area contributed by atoms with Gasteiger partial charge in [-0.2, -0.15) is 59.9 Å². The van der Waals surface area contributed by atoms with Crippen LogP contribution in [0.25, 0.3) is 43.6 Å². The third-order valence-corrected chi connectivity index (χ3v) is 20.6. The third kappa shape index (κ3) is 18.4. The number of para-hydroxylation sites is 3. The highest BCUT2D eigenvalue weighted by Crippen LogP contribution is 2.37. The van der Waals surface area contributed by atoms with Crippen LogP contribution in [0.5, 0.6) is 0 Å². The first-order valence-electron chi connectivity index (χ1n) is 34.4.